The van der Waals surface area contributed by atoms with Crippen LogP contribution in [0.2, 0.25) is 0 Å². The normalized spacial score (nSPS) is 20.1. The van der Waals surface area contributed by atoms with Crippen LogP contribution in [0.5, 0.6) is 0 Å². The van der Waals surface area contributed by atoms with Crippen LogP contribution in [-0.2, 0) is 20.2 Å². The zero-order valence-electron chi connectivity index (χ0n) is 12.3. The molecule has 0 heterocycles. The van der Waals surface area contributed by atoms with Gasteiger partial charge in [-0.3, -0.25) is 9.11 Å². The topological polar surface area (TPSA) is 161 Å². The molecule has 0 fully saturated rings. The molecule has 130 valence electrons. The molecule has 0 radical (unpaired) electrons. The van der Waals surface area contributed by atoms with Crippen molar-refractivity contribution in [2.45, 2.75) is 9.74 Å². The third kappa shape index (κ3) is 3.07. The van der Waals surface area contributed by atoms with E-state index in [1.54, 1.807) is 6.08 Å². The lowest BCUT2D eigenvalue weighted by molar-refractivity contribution is 0.389. The summed E-state index contributed by atoms with van der Waals surface area (Å²) < 4.78 is 61.8. The molecule has 24 heavy (non-hydrogen) atoms. The van der Waals surface area contributed by atoms with E-state index >= 15 is 0 Å². The quantitative estimate of drug-likeness (QED) is 0.433. The molecule has 1 aliphatic carbocycles. The van der Waals surface area contributed by atoms with Gasteiger partial charge >= 0.3 is 0 Å². The molecule has 0 aromatic heterocycles. The minimum atomic E-state index is -5.39. The van der Waals surface area contributed by atoms with E-state index in [2.05, 4.69) is 0 Å². The van der Waals surface area contributed by atoms with Crippen molar-refractivity contribution in [1.29, 1.82) is 0 Å². The van der Waals surface area contributed by atoms with Crippen molar-refractivity contribution < 1.29 is 25.9 Å². The number of allylic oxidation sites excluding steroid dienone is 3. The predicted molar refractivity (Wildman–Crippen MR) is 89.6 cm³/mol. The van der Waals surface area contributed by atoms with Crippen LogP contribution in [0.3, 0.4) is 0 Å². The molecule has 0 atom stereocenters. The minimum absolute atomic E-state index is 0.298. The third-order valence-electron chi connectivity index (χ3n) is 3.54. The van der Waals surface area contributed by atoms with Crippen LogP contribution in [0.15, 0.2) is 60.2 Å². The first-order valence-electron chi connectivity index (χ1n) is 6.58. The molecule has 6 N–H and O–H groups in total. The SMILES string of the molecule is NC1(N)C=C(C=Cc2ccccc2)C=CC1(S(=O)(=O)O)S(=O)(=O)O. The van der Waals surface area contributed by atoms with E-state index in [4.69, 9.17) is 11.5 Å². The van der Waals surface area contributed by atoms with E-state index in [9.17, 15) is 25.9 Å². The molecule has 1 aromatic carbocycles. The van der Waals surface area contributed by atoms with Gasteiger partial charge in [-0.05, 0) is 23.3 Å². The van der Waals surface area contributed by atoms with Crippen molar-refractivity contribution in [3.05, 3.63) is 65.8 Å². The van der Waals surface area contributed by atoms with Crippen LogP contribution >= 0.6 is 0 Å². The van der Waals surface area contributed by atoms with Gasteiger partial charge in [-0.2, -0.15) is 16.8 Å². The summed E-state index contributed by atoms with van der Waals surface area (Å²) in [5, 5.41) is 0. The number of nitrogens with two attached hydrogens (primary N) is 2. The van der Waals surface area contributed by atoms with Gasteiger partial charge in [0.15, 0.2) is 0 Å². The second kappa shape index (κ2) is 5.92. The zero-order chi connectivity index (χ0) is 18.2. The van der Waals surface area contributed by atoms with E-state index in [1.807, 2.05) is 30.3 Å². The molecule has 8 nitrogen and oxygen atoms in total. The van der Waals surface area contributed by atoms with Crippen LogP contribution in [0.4, 0.5) is 0 Å². The average Bonchev–Trinajstić information content (AvgIpc) is 2.42. The van der Waals surface area contributed by atoms with Gasteiger partial charge < -0.3 is 11.5 Å². The molecular formula is C14H16N2O6S2. The Morgan fingerprint density at radius 2 is 1.46 bits per heavy atom. The van der Waals surface area contributed by atoms with E-state index < -0.39 is 30.0 Å². The highest BCUT2D eigenvalue weighted by Crippen LogP contribution is 2.37. The Kier molecular flexibility index (Phi) is 4.57. The van der Waals surface area contributed by atoms with Gasteiger partial charge in [0.25, 0.3) is 24.3 Å². The average molecular weight is 372 g/mol. The predicted octanol–water partition coefficient (Wildman–Crippen LogP) is 0.282. The summed E-state index contributed by atoms with van der Waals surface area (Å²) in [5.74, 6) is 0. The Balaban J connectivity index is 2.51. The lowest BCUT2D eigenvalue weighted by atomic mass is 9.96. The number of benzene rings is 1. The Bertz CT molecular complexity index is 897. The summed E-state index contributed by atoms with van der Waals surface area (Å²) in [6, 6.07) is 9.06. The van der Waals surface area contributed by atoms with Gasteiger partial charge in [-0.25, -0.2) is 0 Å². The molecular weight excluding hydrogens is 356 g/mol. The molecule has 1 aliphatic rings. The molecule has 0 unspecified atom stereocenters. The van der Waals surface area contributed by atoms with Crippen molar-refractivity contribution in [3.63, 3.8) is 0 Å². The Hall–Kier alpha value is -1.82. The van der Waals surface area contributed by atoms with E-state index in [-0.39, 0.29) is 0 Å². The van der Waals surface area contributed by atoms with Crippen LogP contribution in [0.25, 0.3) is 6.08 Å². The lowest BCUT2D eigenvalue weighted by Crippen LogP contribution is -2.71. The molecule has 0 saturated heterocycles. The Morgan fingerprint density at radius 1 is 0.917 bits per heavy atom. The van der Waals surface area contributed by atoms with Gasteiger partial charge in [-0.15, -0.1) is 0 Å². The summed E-state index contributed by atoms with van der Waals surface area (Å²) >= 11 is 0. The molecule has 0 amide bonds. The van der Waals surface area contributed by atoms with Crippen molar-refractivity contribution in [2.75, 3.05) is 0 Å². The van der Waals surface area contributed by atoms with Crippen molar-refractivity contribution >= 4 is 26.3 Å². The number of hydrogen-bond acceptors (Lipinski definition) is 6. The summed E-state index contributed by atoms with van der Waals surface area (Å²) in [7, 11) is -10.8. The van der Waals surface area contributed by atoms with E-state index in [0.29, 0.717) is 11.6 Å². The number of hydrogen-bond donors (Lipinski definition) is 4. The van der Waals surface area contributed by atoms with Crippen LogP contribution in [0.1, 0.15) is 5.56 Å². The molecule has 0 bridgehead atoms. The van der Waals surface area contributed by atoms with Gasteiger partial charge in [-0.1, -0.05) is 48.6 Å². The first-order chi connectivity index (χ1) is 10.9. The fraction of sp³-hybridized carbons (Fsp3) is 0.143. The molecule has 0 aliphatic heterocycles. The molecule has 1 aromatic rings. The molecule has 0 saturated carbocycles. The summed E-state index contributed by atoms with van der Waals surface area (Å²) in [6.45, 7) is 0. The highest BCUT2D eigenvalue weighted by Gasteiger charge is 2.64. The largest absolute Gasteiger partial charge is 0.307 e. The van der Waals surface area contributed by atoms with Gasteiger partial charge in [0, 0.05) is 0 Å². The number of rotatable bonds is 4. The van der Waals surface area contributed by atoms with Crippen molar-refractivity contribution in [1.82, 2.24) is 0 Å². The van der Waals surface area contributed by atoms with E-state index in [1.165, 1.54) is 6.08 Å². The smallest absolute Gasteiger partial charge is 0.295 e. The highest BCUT2D eigenvalue weighted by molar-refractivity contribution is 8.05. The van der Waals surface area contributed by atoms with Crippen LogP contribution in [-0.4, -0.2) is 35.7 Å². The fourth-order valence-electron chi connectivity index (χ4n) is 2.39. The molecule has 10 heteroatoms. The van der Waals surface area contributed by atoms with Crippen LogP contribution in [0, 0.1) is 0 Å². The molecule has 2 rings (SSSR count). The maximum Gasteiger partial charge on any atom is 0.295 e. The van der Waals surface area contributed by atoms with Crippen molar-refractivity contribution in [3.8, 4) is 0 Å². The Morgan fingerprint density at radius 3 is 1.92 bits per heavy atom. The van der Waals surface area contributed by atoms with Gasteiger partial charge in [0.2, 0.25) is 0 Å². The summed E-state index contributed by atoms with van der Waals surface area (Å²) in [5.41, 5.74) is 9.78. The third-order valence-corrected chi connectivity index (χ3v) is 7.31. The zero-order valence-corrected chi connectivity index (χ0v) is 13.9. The second-order valence-electron chi connectivity index (χ2n) is 5.27. The van der Waals surface area contributed by atoms with Gasteiger partial charge in [0.1, 0.15) is 5.66 Å². The standard InChI is InChI=1S/C14H16N2O6S2/c15-13(16)10-12(7-6-11-4-2-1-3-5-11)8-9-14(13,23(17,18)19)24(20,21)22/h1-10H,15-16H2,(H,17,18,19)(H,20,21,22). The maximum atomic E-state index is 11.6. The van der Waals surface area contributed by atoms with Gasteiger partial charge in [0.05, 0.1) is 0 Å². The van der Waals surface area contributed by atoms with Crippen LogP contribution < -0.4 is 11.5 Å². The Labute approximate surface area is 139 Å². The highest BCUT2D eigenvalue weighted by atomic mass is 32.3. The summed E-state index contributed by atoms with van der Waals surface area (Å²) in [4.78, 5) is 0. The monoisotopic (exact) mass is 372 g/mol. The van der Waals surface area contributed by atoms with E-state index in [0.717, 1.165) is 17.7 Å². The first-order valence-corrected chi connectivity index (χ1v) is 9.46. The first kappa shape index (κ1) is 18.5. The minimum Gasteiger partial charge on any atom is -0.307 e. The fourth-order valence-corrected chi connectivity index (χ4v) is 4.94. The summed E-state index contributed by atoms with van der Waals surface area (Å²) in [6.07, 6.45) is 5.77. The second-order valence-corrected chi connectivity index (χ2v) is 8.72. The molecule has 0 spiro atoms. The lowest BCUT2D eigenvalue weighted by Gasteiger charge is -2.38. The maximum absolute atomic E-state index is 11.6. The van der Waals surface area contributed by atoms with Crippen molar-refractivity contribution in [2.24, 2.45) is 11.5 Å².